The number of benzene rings is 1. The summed E-state index contributed by atoms with van der Waals surface area (Å²) in [6.45, 7) is 0. The second-order valence-corrected chi connectivity index (χ2v) is 6.86. The van der Waals surface area contributed by atoms with E-state index in [1.807, 2.05) is 18.2 Å². The number of carbonyl (C=O) groups is 1. The lowest BCUT2D eigenvalue weighted by Crippen LogP contribution is -2.56. The van der Waals surface area contributed by atoms with Gasteiger partial charge in [0, 0.05) is 25.7 Å². The van der Waals surface area contributed by atoms with E-state index in [0.29, 0.717) is 17.6 Å². The van der Waals surface area contributed by atoms with E-state index in [4.69, 9.17) is 4.74 Å². The number of piperidine rings is 1. The third-order valence-corrected chi connectivity index (χ3v) is 5.41. The molecule has 114 valence electrons. The minimum Gasteiger partial charge on any atom is -0.460 e. The Labute approximate surface area is 125 Å². The number of carbonyl (C=O) groups excluding carboxylic acids is 1. The average molecular weight is 290 g/mol. The zero-order valence-electron chi connectivity index (χ0n) is 12.7. The molecule has 2 aliphatic heterocycles. The highest BCUT2D eigenvalue weighted by molar-refractivity contribution is 5.76. The summed E-state index contributed by atoms with van der Waals surface area (Å²) in [5.74, 6) is -0.516. The van der Waals surface area contributed by atoms with Crippen LogP contribution in [0.2, 0.25) is 0 Å². The van der Waals surface area contributed by atoms with Crippen molar-refractivity contribution in [3.05, 3.63) is 35.9 Å². The summed E-state index contributed by atoms with van der Waals surface area (Å²) in [4.78, 5) is 12.1. The predicted octanol–water partition coefficient (Wildman–Crippen LogP) is 2.03. The van der Waals surface area contributed by atoms with Crippen LogP contribution in [0.1, 0.15) is 37.4 Å². The van der Waals surface area contributed by atoms with Gasteiger partial charge in [0.1, 0.15) is 6.10 Å². The molecule has 0 radical (unpaired) electrons. The third-order valence-electron chi connectivity index (χ3n) is 5.41. The summed E-state index contributed by atoms with van der Waals surface area (Å²) in [5.41, 5.74) is 0.595. The maximum Gasteiger partial charge on any atom is 0.339 e. The van der Waals surface area contributed by atoms with E-state index in [-0.39, 0.29) is 6.10 Å². The van der Waals surface area contributed by atoms with Gasteiger partial charge in [0.2, 0.25) is 0 Å². The van der Waals surface area contributed by atoms with E-state index in [1.54, 1.807) is 12.1 Å². The molecule has 1 N–H and O–H groups in total. The molecule has 0 aliphatic carbocycles. The van der Waals surface area contributed by atoms with Gasteiger partial charge in [-0.15, -0.1) is 0 Å². The summed E-state index contributed by atoms with van der Waals surface area (Å²) >= 11 is 0. The maximum atomic E-state index is 12.1. The Morgan fingerprint density at radius 3 is 2.33 bits per heavy atom. The van der Waals surface area contributed by atoms with Crippen molar-refractivity contribution in [1.82, 2.24) is 0 Å². The van der Waals surface area contributed by atoms with E-state index < -0.39 is 12.1 Å². The number of ether oxygens (including phenoxy) is 1. The van der Waals surface area contributed by atoms with Crippen LogP contribution in [0.25, 0.3) is 0 Å². The maximum absolute atomic E-state index is 12.1. The van der Waals surface area contributed by atoms with Gasteiger partial charge in [0.05, 0.1) is 26.2 Å². The number of esters is 1. The molecule has 0 saturated carbocycles. The third kappa shape index (κ3) is 2.70. The van der Waals surface area contributed by atoms with Crippen LogP contribution in [0, 0.1) is 0 Å². The highest BCUT2D eigenvalue weighted by Crippen LogP contribution is 2.40. The van der Waals surface area contributed by atoms with Crippen molar-refractivity contribution >= 4 is 5.97 Å². The Bertz CT molecular complexity index is 498. The quantitative estimate of drug-likeness (QED) is 0.684. The molecule has 1 aromatic carbocycles. The highest BCUT2D eigenvalue weighted by Gasteiger charge is 2.50. The van der Waals surface area contributed by atoms with Crippen molar-refractivity contribution < 1.29 is 19.1 Å². The number of nitrogens with zero attached hydrogens (tertiary/aromatic N) is 1. The topological polar surface area (TPSA) is 46.5 Å². The molecule has 21 heavy (non-hydrogen) atoms. The molecule has 0 amide bonds. The summed E-state index contributed by atoms with van der Waals surface area (Å²) in [6, 6.07) is 10.1. The first-order valence-electron chi connectivity index (χ1n) is 7.75. The molecular weight excluding hydrogens is 266 g/mol. The van der Waals surface area contributed by atoms with E-state index >= 15 is 0 Å². The molecule has 1 aromatic rings. The molecule has 2 fully saturated rings. The molecule has 2 heterocycles. The van der Waals surface area contributed by atoms with Gasteiger partial charge in [-0.25, -0.2) is 4.79 Å². The van der Waals surface area contributed by atoms with Gasteiger partial charge in [0.25, 0.3) is 0 Å². The van der Waals surface area contributed by atoms with E-state index in [2.05, 4.69) is 14.1 Å². The predicted molar refractivity (Wildman–Crippen MR) is 79.4 cm³/mol. The monoisotopic (exact) mass is 290 g/mol. The molecule has 0 aromatic heterocycles. The lowest BCUT2D eigenvalue weighted by atomic mass is 9.97. The van der Waals surface area contributed by atoms with Crippen molar-refractivity contribution in [2.24, 2.45) is 0 Å². The van der Waals surface area contributed by atoms with Crippen molar-refractivity contribution in [1.29, 1.82) is 0 Å². The molecule has 2 saturated heterocycles. The van der Waals surface area contributed by atoms with Crippen LogP contribution in [0.3, 0.4) is 0 Å². The number of hydrogen-bond donors (Lipinski definition) is 1. The Hall–Kier alpha value is -1.39. The van der Waals surface area contributed by atoms with Gasteiger partial charge in [0.15, 0.2) is 6.10 Å². The average Bonchev–Trinajstić information content (AvgIpc) is 2.67. The summed E-state index contributed by atoms with van der Waals surface area (Å²) in [5, 5.41) is 10.1. The first kappa shape index (κ1) is 14.5. The second-order valence-electron chi connectivity index (χ2n) is 6.86. The van der Waals surface area contributed by atoms with Crippen LogP contribution in [-0.4, -0.2) is 47.8 Å². The Morgan fingerprint density at radius 1 is 1.19 bits per heavy atom. The van der Waals surface area contributed by atoms with Crippen LogP contribution in [-0.2, 0) is 9.53 Å². The van der Waals surface area contributed by atoms with Crippen molar-refractivity contribution in [2.45, 2.75) is 50.0 Å². The number of hydrogen-bond acceptors (Lipinski definition) is 3. The SMILES string of the molecule is C[N+]1(C)[C@H]2CC[C@H]1CC(OC(=O)[C@@H](O)c1ccccc1)C2. The largest absolute Gasteiger partial charge is 0.460 e. The summed E-state index contributed by atoms with van der Waals surface area (Å²) in [6.07, 6.45) is 3.04. The van der Waals surface area contributed by atoms with Gasteiger partial charge < -0.3 is 14.3 Å². The van der Waals surface area contributed by atoms with Crippen LogP contribution in [0.4, 0.5) is 0 Å². The normalized spacial score (nSPS) is 31.7. The van der Waals surface area contributed by atoms with Gasteiger partial charge in [-0.2, -0.15) is 0 Å². The fourth-order valence-electron chi connectivity index (χ4n) is 3.93. The van der Waals surface area contributed by atoms with Gasteiger partial charge in [-0.05, 0) is 5.56 Å². The molecule has 0 unspecified atom stereocenters. The number of fused-ring (bicyclic) bond motifs is 2. The molecule has 2 aliphatic rings. The lowest BCUT2D eigenvalue weighted by Gasteiger charge is -2.43. The highest BCUT2D eigenvalue weighted by atomic mass is 16.6. The Kier molecular flexibility index (Phi) is 3.76. The Morgan fingerprint density at radius 2 is 1.76 bits per heavy atom. The van der Waals surface area contributed by atoms with Crippen LogP contribution in [0.5, 0.6) is 0 Å². The molecule has 0 spiro atoms. The number of aliphatic hydroxyl groups is 1. The standard InChI is InChI=1S/C17H24NO3/c1-18(2)13-8-9-14(18)11-15(10-13)21-17(20)16(19)12-6-4-3-5-7-12/h3-7,13-16,19H,8-11H2,1-2H3/q+1/t13-,14-,16-/m0/s1. The van der Waals surface area contributed by atoms with E-state index in [0.717, 1.165) is 17.3 Å². The molecule has 4 nitrogen and oxygen atoms in total. The van der Waals surface area contributed by atoms with E-state index in [9.17, 15) is 9.90 Å². The second kappa shape index (κ2) is 5.43. The zero-order valence-corrected chi connectivity index (χ0v) is 12.7. The molecule has 4 heteroatoms. The summed E-state index contributed by atoms with van der Waals surface area (Å²) < 4.78 is 6.63. The van der Waals surface area contributed by atoms with E-state index in [1.165, 1.54) is 12.8 Å². The zero-order chi connectivity index (χ0) is 15.0. The lowest BCUT2D eigenvalue weighted by molar-refractivity contribution is -0.931. The van der Waals surface area contributed by atoms with Crippen molar-refractivity contribution in [3.63, 3.8) is 0 Å². The van der Waals surface area contributed by atoms with Crippen LogP contribution < -0.4 is 0 Å². The van der Waals surface area contributed by atoms with Crippen LogP contribution >= 0.6 is 0 Å². The Balaban J connectivity index is 1.62. The first-order valence-corrected chi connectivity index (χ1v) is 7.75. The smallest absolute Gasteiger partial charge is 0.339 e. The number of rotatable bonds is 3. The minimum absolute atomic E-state index is 0.0421. The molecule has 3 atom stereocenters. The fraction of sp³-hybridized carbons (Fsp3) is 0.588. The molecule has 2 bridgehead atoms. The number of quaternary nitrogens is 1. The summed E-state index contributed by atoms with van der Waals surface area (Å²) in [7, 11) is 4.55. The van der Waals surface area contributed by atoms with Crippen molar-refractivity contribution in [2.75, 3.05) is 14.1 Å². The van der Waals surface area contributed by atoms with Crippen molar-refractivity contribution in [3.8, 4) is 0 Å². The van der Waals surface area contributed by atoms with Gasteiger partial charge >= 0.3 is 5.97 Å². The first-order chi connectivity index (χ1) is 9.98. The number of aliphatic hydroxyl groups excluding tert-OH is 1. The fourth-order valence-corrected chi connectivity index (χ4v) is 3.93. The molecule has 3 rings (SSSR count). The van der Waals surface area contributed by atoms with Gasteiger partial charge in [-0.3, -0.25) is 0 Å². The molecular formula is C17H24NO3+. The van der Waals surface area contributed by atoms with Gasteiger partial charge in [-0.1, -0.05) is 30.3 Å². The minimum atomic E-state index is -1.17. The van der Waals surface area contributed by atoms with Crippen LogP contribution in [0.15, 0.2) is 30.3 Å².